The Hall–Kier alpha value is -1.76. The molecule has 1 radical (unpaired) electrons. The van der Waals surface area contributed by atoms with Gasteiger partial charge in [-0.05, 0) is 23.6 Å². The van der Waals surface area contributed by atoms with Crippen molar-refractivity contribution >= 4 is 5.69 Å². The van der Waals surface area contributed by atoms with Crippen LogP contribution in [0.2, 0.25) is 0 Å². The zero-order valence-corrected chi connectivity index (χ0v) is 10.4. The maximum atomic E-state index is 2.28. The highest BCUT2D eigenvalue weighted by Gasteiger charge is 2.05. The van der Waals surface area contributed by atoms with Crippen LogP contribution in [0.15, 0.2) is 54.6 Å². The summed E-state index contributed by atoms with van der Waals surface area (Å²) in [5.41, 5.74) is 3.89. The van der Waals surface area contributed by atoms with Gasteiger partial charge in [-0.1, -0.05) is 55.5 Å². The van der Waals surface area contributed by atoms with Crippen LogP contribution >= 0.6 is 0 Å². The van der Waals surface area contributed by atoms with Crippen LogP contribution in [0.3, 0.4) is 0 Å². The molecule has 0 unspecified atom stereocenters. The molecule has 0 amide bonds. The summed E-state index contributed by atoms with van der Waals surface area (Å²) in [4.78, 5) is 2.28. The van der Waals surface area contributed by atoms with E-state index in [0.717, 1.165) is 6.54 Å². The zero-order chi connectivity index (χ0) is 12.1. The molecule has 0 saturated carbocycles. The average molecular weight is 224 g/mol. The molecule has 2 aromatic carbocycles. The lowest BCUT2D eigenvalue weighted by Gasteiger charge is -2.22. The quantitative estimate of drug-likeness (QED) is 0.761. The van der Waals surface area contributed by atoms with Crippen LogP contribution in [-0.2, 0) is 6.54 Å². The van der Waals surface area contributed by atoms with Gasteiger partial charge >= 0.3 is 0 Å². The minimum atomic E-state index is 0.936. The summed E-state index contributed by atoms with van der Waals surface area (Å²) in [6.45, 7) is 3.01. The first-order valence-electron chi connectivity index (χ1n) is 5.94. The van der Waals surface area contributed by atoms with E-state index in [1.54, 1.807) is 0 Å². The fourth-order valence-electron chi connectivity index (χ4n) is 2.02. The van der Waals surface area contributed by atoms with Gasteiger partial charge in [0.25, 0.3) is 0 Å². The number of anilines is 1. The number of rotatable bonds is 4. The largest absolute Gasteiger partial charge is 0.370 e. The normalized spacial score (nSPS) is 10.2. The molecular weight excluding hydrogens is 206 g/mol. The van der Waals surface area contributed by atoms with E-state index in [2.05, 4.69) is 79.9 Å². The van der Waals surface area contributed by atoms with E-state index in [0.29, 0.717) is 0 Å². The number of hydrogen-bond donors (Lipinski definition) is 0. The monoisotopic (exact) mass is 224 g/mol. The molecule has 2 rings (SSSR count). The van der Waals surface area contributed by atoms with Crippen LogP contribution in [0.1, 0.15) is 18.1 Å². The molecule has 87 valence electrons. The minimum absolute atomic E-state index is 0.936. The van der Waals surface area contributed by atoms with Crippen LogP contribution in [0, 0.1) is 6.42 Å². The maximum absolute atomic E-state index is 2.28. The van der Waals surface area contributed by atoms with Crippen molar-refractivity contribution in [1.29, 1.82) is 0 Å². The van der Waals surface area contributed by atoms with E-state index in [4.69, 9.17) is 0 Å². The summed E-state index contributed by atoms with van der Waals surface area (Å²) in [6.07, 6.45) is 2.15. The van der Waals surface area contributed by atoms with E-state index in [1.165, 1.54) is 16.8 Å². The van der Waals surface area contributed by atoms with Gasteiger partial charge in [0.15, 0.2) is 0 Å². The molecule has 0 fully saturated rings. The van der Waals surface area contributed by atoms with Gasteiger partial charge in [0.2, 0.25) is 0 Å². The lowest BCUT2D eigenvalue weighted by Crippen LogP contribution is -2.17. The van der Waals surface area contributed by atoms with Crippen molar-refractivity contribution < 1.29 is 0 Å². The second kappa shape index (κ2) is 5.53. The molecule has 0 aliphatic carbocycles. The predicted molar refractivity (Wildman–Crippen MR) is 74.1 cm³/mol. The van der Waals surface area contributed by atoms with E-state index in [-0.39, 0.29) is 0 Å². The number of nitrogens with zero attached hydrogens (tertiary/aromatic N) is 1. The van der Waals surface area contributed by atoms with Crippen molar-refractivity contribution in [2.75, 3.05) is 11.9 Å². The molecule has 0 aromatic heterocycles. The Kier molecular flexibility index (Phi) is 3.81. The van der Waals surface area contributed by atoms with E-state index in [1.807, 2.05) is 0 Å². The van der Waals surface area contributed by atoms with Gasteiger partial charge in [0, 0.05) is 19.3 Å². The summed E-state index contributed by atoms with van der Waals surface area (Å²) in [5, 5.41) is 0. The minimum Gasteiger partial charge on any atom is -0.370 e. The Balaban J connectivity index is 2.17. The van der Waals surface area contributed by atoms with Gasteiger partial charge in [-0.15, -0.1) is 0 Å². The molecule has 0 aliphatic heterocycles. The highest BCUT2D eigenvalue weighted by atomic mass is 15.1. The van der Waals surface area contributed by atoms with Crippen molar-refractivity contribution in [2.24, 2.45) is 0 Å². The molecule has 0 saturated heterocycles. The fraction of sp³-hybridized carbons (Fsp3) is 0.188. The second-order valence-electron chi connectivity index (χ2n) is 4.19. The standard InChI is InChI=1S/C16H18N/c1-3-15-11-7-8-12-16(15)17(2)13-14-9-5-4-6-10-14/h3-12H,13H2,1-2H3. The third kappa shape index (κ3) is 2.88. The lowest BCUT2D eigenvalue weighted by molar-refractivity contribution is 0.918. The second-order valence-corrected chi connectivity index (χ2v) is 4.19. The molecule has 2 aromatic rings. The molecular formula is C16H18N. The first-order chi connectivity index (χ1) is 8.31. The van der Waals surface area contributed by atoms with Crippen LogP contribution < -0.4 is 4.90 Å². The molecule has 0 atom stereocenters. The van der Waals surface area contributed by atoms with Crippen LogP contribution in [0.5, 0.6) is 0 Å². The third-order valence-corrected chi connectivity index (χ3v) is 2.92. The summed E-state index contributed by atoms with van der Waals surface area (Å²) < 4.78 is 0. The van der Waals surface area contributed by atoms with Crippen molar-refractivity contribution in [2.45, 2.75) is 13.5 Å². The highest BCUT2D eigenvalue weighted by molar-refractivity contribution is 5.56. The van der Waals surface area contributed by atoms with Crippen LogP contribution in [0.4, 0.5) is 5.69 Å². The van der Waals surface area contributed by atoms with Crippen molar-refractivity contribution in [1.82, 2.24) is 0 Å². The van der Waals surface area contributed by atoms with Gasteiger partial charge in [-0.3, -0.25) is 0 Å². The van der Waals surface area contributed by atoms with Gasteiger partial charge in [-0.2, -0.15) is 0 Å². The molecule has 0 bridgehead atoms. The van der Waals surface area contributed by atoms with Crippen LogP contribution in [-0.4, -0.2) is 7.05 Å². The fourth-order valence-corrected chi connectivity index (χ4v) is 2.02. The van der Waals surface area contributed by atoms with E-state index in [9.17, 15) is 0 Å². The first kappa shape index (κ1) is 11.7. The van der Waals surface area contributed by atoms with Gasteiger partial charge in [0.05, 0.1) is 0 Å². The number of para-hydroxylation sites is 1. The molecule has 1 nitrogen and oxygen atoms in total. The summed E-state index contributed by atoms with van der Waals surface area (Å²) in [7, 11) is 2.13. The predicted octanol–water partition coefficient (Wildman–Crippen LogP) is 3.90. The zero-order valence-electron chi connectivity index (χ0n) is 10.4. The van der Waals surface area contributed by atoms with Crippen molar-refractivity contribution in [3.05, 3.63) is 72.1 Å². The molecule has 0 spiro atoms. The molecule has 0 N–H and O–H groups in total. The van der Waals surface area contributed by atoms with Crippen molar-refractivity contribution in [3.63, 3.8) is 0 Å². The van der Waals surface area contributed by atoms with E-state index < -0.39 is 0 Å². The van der Waals surface area contributed by atoms with Gasteiger partial charge < -0.3 is 4.90 Å². The Morgan fingerprint density at radius 3 is 2.29 bits per heavy atom. The lowest BCUT2D eigenvalue weighted by atomic mass is 10.1. The summed E-state index contributed by atoms with van der Waals surface area (Å²) in [6, 6.07) is 19.0. The van der Waals surface area contributed by atoms with Crippen LogP contribution in [0.25, 0.3) is 0 Å². The third-order valence-electron chi connectivity index (χ3n) is 2.92. The number of benzene rings is 2. The van der Waals surface area contributed by atoms with Gasteiger partial charge in [-0.25, -0.2) is 0 Å². The average Bonchev–Trinajstić information content (AvgIpc) is 2.40. The first-order valence-corrected chi connectivity index (χ1v) is 5.94. The van der Waals surface area contributed by atoms with E-state index >= 15 is 0 Å². The molecule has 0 heterocycles. The Morgan fingerprint density at radius 1 is 0.941 bits per heavy atom. The SMILES string of the molecule is C[CH]c1ccccc1N(C)Cc1ccccc1. The number of hydrogen-bond acceptors (Lipinski definition) is 1. The maximum Gasteiger partial charge on any atom is 0.0426 e. The Morgan fingerprint density at radius 2 is 1.59 bits per heavy atom. The molecule has 0 aliphatic rings. The molecule has 1 heteroatoms. The summed E-state index contributed by atoms with van der Waals surface area (Å²) >= 11 is 0. The van der Waals surface area contributed by atoms with Crippen molar-refractivity contribution in [3.8, 4) is 0 Å². The smallest absolute Gasteiger partial charge is 0.0426 e. The summed E-state index contributed by atoms with van der Waals surface area (Å²) in [5.74, 6) is 0. The topological polar surface area (TPSA) is 3.24 Å². The highest BCUT2D eigenvalue weighted by Crippen LogP contribution is 2.22. The Labute approximate surface area is 104 Å². The van der Waals surface area contributed by atoms with Gasteiger partial charge in [0.1, 0.15) is 0 Å². The molecule has 17 heavy (non-hydrogen) atoms. The Bertz CT molecular complexity index is 462.